The van der Waals surface area contributed by atoms with Crippen LogP contribution in [0, 0.1) is 0 Å². The summed E-state index contributed by atoms with van der Waals surface area (Å²) in [6.45, 7) is 6.17. The van der Waals surface area contributed by atoms with Gasteiger partial charge in [-0.15, -0.1) is 0 Å². The number of hydrogen-bond donors (Lipinski definition) is 0. The lowest BCUT2D eigenvalue weighted by atomic mass is 10.1. The van der Waals surface area contributed by atoms with Crippen LogP contribution in [-0.4, -0.2) is 30.1 Å². The standard InChI is InChI=1S/C14H19Cl2NO2/c1-9(2)17(14(18)10(3)19-4)8-11-5-6-12(15)13(16)7-11/h5-7,9-10H,8H2,1-4H3. The molecular weight excluding hydrogens is 285 g/mol. The van der Waals surface area contributed by atoms with E-state index in [1.807, 2.05) is 19.9 Å². The second-order valence-corrected chi connectivity index (χ2v) is 5.50. The van der Waals surface area contributed by atoms with Crippen LogP contribution in [0.2, 0.25) is 10.0 Å². The first kappa shape index (κ1) is 16.3. The molecule has 0 fully saturated rings. The fourth-order valence-corrected chi connectivity index (χ4v) is 2.00. The number of hydrogen-bond acceptors (Lipinski definition) is 2. The van der Waals surface area contributed by atoms with Gasteiger partial charge in [-0.3, -0.25) is 4.79 Å². The van der Waals surface area contributed by atoms with Crippen LogP contribution in [0.1, 0.15) is 26.3 Å². The van der Waals surface area contributed by atoms with Crippen molar-refractivity contribution in [2.24, 2.45) is 0 Å². The number of carbonyl (C=O) groups excluding carboxylic acids is 1. The van der Waals surface area contributed by atoms with Crippen molar-refractivity contribution in [2.45, 2.75) is 39.5 Å². The summed E-state index contributed by atoms with van der Waals surface area (Å²) in [5.74, 6) is -0.0384. The van der Waals surface area contributed by atoms with Gasteiger partial charge in [0.2, 0.25) is 0 Å². The highest BCUT2D eigenvalue weighted by atomic mass is 35.5. The lowest BCUT2D eigenvalue weighted by Crippen LogP contribution is -2.42. The predicted octanol–water partition coefficient (Wildman–Crippen LogP) is 3.77. The molecule has 0 aromatic heterocycles. The van der Waals surface area contributed by atoms with Gasteiger partial charge in [0, 0.05) is 19.7 Å². The van der Waals surface area contributed by atoms with Crippen LogP contribution in [0.25, 0.3) is 0 Å². The number of nitrogens with zero attached hydrogens (tertiary/aromatic N) is 1. The third-order valence-corrected chi connectivity index (χ3v) is 3.68. The van der Waals surface area contributed by atoms with Gasteiger partial charge in [0.15, 0.2) is 0 Å². The van der Waals surface area contributed by atoms with Crippen LogP contribution >= 0.6 is 23.2 Å². The van der Waals surface area contributed by atoms with E-state index in [4.69, 9.17) is 27.9 Å². The monoisotopic (exact) mass is 303 g/mol. The number of halogens is 2. The van der Waals surface area contributed by atoms with Crippen LogP contribution in [0.5, 0.6) is 0 Å². The molecule has 0 aliphatic rings. The molecule has 5 heteroatoms. The van der Waals surface area contributed by atoms with Crippen molar-refractivity contribution < 1.29 is 9.53 Å². The molecule has 1 atom stereocenters. The summed E-state index contributed by atoms with van der Waals surface area (Å²) < 4.78 is 5.09. The van der Waals surface area contributed by atoms with E-state index in [9.17, 15) is 4.79 Å². The van der Waals surface area contributed by atoms with E-state index >= 15 is 0 Å². The predicted molar refractivity (Wildman–Crippen MR) is 78.6 cm³/mol. The van der Waals surface area contributed by atoms with Gasteiger partial charge < -0.3 is 9.64 Å². The first-order valence-corrected chi connectivity index (χ1v) is 6.89. The Balaban J connectivity index is 2.90. The molecule has 0 bridgehead atoms. The van der Waals surface area contributed by atoms with Gasteiger partial charge >= 0.3 is 0 Å². The Morgan fingerprint density at radius 3 is 2.37 bits per heavy atom. The van der Waals surface area contributed by atoms with Crippen molar-refractivity contribution in [2.75, 3.05) is 7.11 Å². The average Bonchev–Trinajstić information content (AvgIpc) is 2.37. The summed E-state index contributed by atoms with van der Waals surface area (Å²) in [7, 11) is 1.53. The third-order valence-electron chi connectivity index (χ3n) is 2.94. The summed E-state index contributed by atoms with van der Waals surface area (Å²) in [4.78, 5) is 14.0. The zero-order valence-electron chi connectivity index (χ0n) is 11.6. The van der Waals surface area contributed by atoms with Crippen LogP contribution in [0.15, 0.2) is 18.2 Å². The van der Waals surface area contributed by atoms with E-state index in [-0.39, 0.29) is 11.9 Å². The quantitative estimate of drug-likeness (QED) is 0.829. The highest BCUT2D eigenvalue weighted by Gasteiger charge is 2.22. The van der Waals surface area contributed by atoms with E-state index in [2.05, 4.69) is 0 Å². The van der Waals surface area contributed by atoms with Gasteiger partial charge in [-0.2, -0.15) is 0 Å². The first-order chi connectivity index (χ1) is 8.86. The summed E-state index contributed by atoms with van der Waals surface area (Å²) in [5.41, 5.74) is 0.944. The summed E-state index contributed by atoms with van der Waals surface area (Å²) in [5, 5.41) is 1.01. The molecule has 1 amide bonds. The van der Waals surface area contributed by atoms with E-state index < -0.39 is 6.10 Å². The Hall–Kier alpha value is -0.770. The molecule has 1 rings (SSSR count). The van der Waals surface area contributed by atoms with Crippen molar-refractivity contribution in [1.82, 2.24) is 4.90 Å². The van der Waals surface area contributed by atoms with E-state index in [1.54, 1.807) is 24.0 Å². The molecule has 1 aromatic rings. The lowest BCUT2D eigenvalue weighted by Gasteiger charge is -2.29. The highest BCUT2D eigenvalue weighted by molar-refractivity contribution is 6.42. The molecule has 0 saturated heterocycles. The molecule has 0 radical (unpaired) electrons. The molecule has 0 saturated carbocycles. The minimum atomic E-state index is -0.454. The Bertz CT molecular complexity index is 449. The molecule has 0 aliphatic carbocycles. The Morgan fingerprint density at radius 2 is 1.89 bits per heavy atom. The lowest BCUT2D eigenvalue weighted by molar-refractivity contribution is -0.143. The molecule has 106 valence electrons. The second kappa shape index (κ2) is 7.13. The number of amides is 1. The van der Waals surface area contributed by atoms with Crippen LogP contribution < -0.4 is 0 Å². The largest absolute Gasteiger partial charge is 0.372 e. The molecule has 0 aliphatic heterocycles. The van der Waals surface area contributed by atoms with Gasteiger partial charge in [-0.25, -0.2) is 0 Å². The highest BCUT2D eigenvalue weighted by Crippen LogP contribution is 2.23. The van der Waals surface area contributed by atoms with E-state index in [1.165, 1.54) is 7.11 Å². The van der Waals surface area contributed by atoms with Gasteiger partial charge in [0.05, 0.1) is 10.0 Å². The molecule has 0 N–H and O–H groups in total. The number of ether oxygens (including phenoxy) is 1. The average molecular weight is 304 g/mol. The summed E-state index contributed by atoms with van der Waals surface area (Å²) in [6.07, 6.45) is -0.454. The maximum Gasteiger partial charge on any atom is 0.251 e. The van der Waals surface area contributed by atoms with Crippen molar-refractivity contribution in [3.63, 3.8) is 0 Å². The SMILES string of the molecule is COC(C)C(=O)N(Cc1ccc(Cl)c(Cl)c1)C(C)C. The van der Waals surface area contributed by atoms with Gasteiger partial charge in [0.25, 0.3) is 5.91 Å². The molecule has 19 heavy (non-hydrogen) atoms. The van der Waals surface area contributed by atoms with Crippen molar-refractivity contribution in [1.29, 1.82) is 0 Å². The summed E-state index contributed by atoms with van der Waals surface area (Å²) >= 11 is 11.9. The number of rotatable bonds is 5. The molecular formula is C14H19Cl2NO2. The number of methoxy groups -OCH3 is 1. The van der Waals surface area contributed by atoms with Crippen LogP contribution in [0.4, 0.5) is 0 Å². The van der Waals surface area contributed by atoms with Crippen LogP contribution in [-0.2, 0) is 16.1 Å². The zero-order valence-corrected chi connectivity index (χ0v) is 13.1. The van der Waals surface area contributed by atoms with E-state index in [0.29, 0.717) is 16.6 Å². The molecule has 1 aromatic carbocycles. The van der Waals surface area contributed by atoms with E-state index in [0.717, 1.165) is 5.56 Å². The van der Waals surface area contributed by atoms with Gasteiger partial charge in [-0.05, 0) is 38.5 Å². The number of benzene rings is 1. The van der Waals surface area contributed by atoms with Crippen molar-refractivity contribution in [3.05, 3.63) is 33.8 Å². The van der Waals surface area contributed by atoms with Crippen molar-refractivity contribution in [3.8, 4) is 0 Å². The first-order valence-electron chi connectivity index (χ1n) is 6.14. The Labute approximate surface area is 124 Å². The maximum atomic E-state index is 12.2. The second-order valence-electron chi connectivity index (χ2n) is 4.69. The molecule has 3 nitrogen and oxygen atoms in total. The fraction of sp³-hybridized carbons (Fsp3) is 0.500. The zero-order chi connectivity index (χ0) is 14.6. The molecule has 0 spiro atoms. The minimum Gasteiger partial charge on any atom is -0.372 e. The maximum absolute atomic E-state index is 12.2. The molecule has 0 heterocycles. The Kier molecular flexibility index (Phi) is 6.11. The minimum absolute atomic E-state index is 0.0384. The molecule has 1 unspecified atom stereocenters. The Morgan fingerprint density at radius 1 is 1.26 bits per heavy atom. The smallest absolute Gasteiger partial charge is 0.251 e. The summed E-state index contributed by atoms with van der Waals surface area (Å²) in [6, 6.07) is 5.47. The number of carbonyl (C=O) groups is 1. The fourth-order valence-electron chi connectivity index (χ4n) is 1.68. The topological polar surface area (TPSA) is 29.5 Å². The van der Waals surface area contributed by atoms with Gasteiger partial charge in [-0.1, -0.05) is 29.3 Å². The van der Waals surface area contributed by atoms with Gasteiger partial charge in [0.1, 0.15) is 6.10 Å². The normalized spacial score (nSPS) is 12.6. The van der Waals surface area contributed by atoms with Crippen LogP contribution in [0.3, 0.4) is 0 Å². The van der Waals surface area contributed by atoms with Crippen molar-refractivity contribution >= 4 is 29.1 Å². The third kappa shape index (κ3) is 4.37.